The number of fused-ring (bicyclic) bond motifs is 1. The van der Waals surface area contributed by atoms with Gasteiger partial charge in [-0.3, -0.25) is 0 Å². The highest BCUT2D eigenvalue weighted by atomic mass is 32.1. The van der Waals surface area contributed by atoms with Crippen molar-refractivity contribution in [2.24, 2.45) is 0 Å². The maximum Gasteiger partial charge on any atom is 0.207 e. The molecule has 2 aromatic carbocycles. The van der Waals surface area contributed by atoms with Crippen molar-refractivity contribution in [1.29, 1.82) is 0 Å². The van der Waals surface area contributed by atoms with Crippen LogP contribution >= 0.6 is 12.2 Å². The zero-order valence-corrected chi connectivity index (χ0v) is 13.5. The number of nitrogens with one attached hydrogen (secondary N) is 3. The van der Waals surface area contributed by atoms with Gasteiger partial charge in [-0.05, 0) is 30.8 Å². The van der Waals surface area contributed by atoms with Crippen molar-refractivity contribution < 1.29 is 17.6 Å². The van der Waals surface area contributed by atoms with Crippen LogP contribution in [0.25, 0.3) is 11.0 Å². The van der Waals surface area contributed by atoms with Gasteiger partial charge in [-0.15, -0.1) is 0 Å². The van der Waals surface area contributed by atoms with Gasteiger partial charge < -0.3 is 15.6 Å². The predicted octanol–water partition coefficient (Wildman–Crippen LogP) is 3.65. The smallest absolute Gasteiger partial charge is 0.207 e. The van der Waals surface area contributed by atoms with E-state index < -0.39 is 28.8 Å². The Labute approximate surface area is 145 Å². The monoisotopic (exact) mass is 368 g/mol. The standard InChI is InChI=1S/C16H12F4N4S/c17-9-7-10(18)14(20)8(13(9)19)5-6-21-16(25)24-15-22-11-3-1-2-4-12(11)23-15/h1-4,7H,5-6H2,(H3,21,22,23,24,25). The largest absolute Gasteiger partial charge is 0.362 e. The van der Waals surface area contributed by atoms with Crippen LogP contribution in [0.1, 0.15) is 5.56 Å². The number of hydrogen-bond acceptors (Lipinski definition) is 2. The predicted molar refractivity (Wildman–Crippen MR) is 90.3 cm³/mol. The average molecular weight is 368 g/mol. The fraction of sp³-hybridized carbons (Fsp3) is 0.125. The van der Waals surface area contributed by atoms with Crippen LogP contribution in [0.5, 0.6) is 0 Å². The Morgan fingerprint density at radius 3 is 2.44 bits per heavy atom. The minimum Gasteiger partial charge on any atom is -0.362 e. The molecule has 0 aliphatic heterocycles. The van der Waals surface area contributed by atoms with E-state index in [4.69, 9.17) is 12.2 Å². The maximum absolute atomic E-state index is 13.6. The van der Waals surface area contributed by atoms with Gasteiger partial charge in [-0.1, -0.05) is 12.1 Å². The third-order valence-corrected chi connectivity index (χ3v) is 3.73. The van der Waals surface area contributed by atoms with E-state index in [1.807, 2.05) is 24.3 Å². The normalized spacial score (nSPS) is 10.9. The average Bonchev–Trinajstić information content (AvgIpc) is 2.98. The van der Waals surface area contributed by atoms with Gasteiger partial charge >= 0.3 is 0 Å². The van der Waals surface area contributed by atoms with E-state index in [9.17, 15) is 17.6 Å². The minimum absolute atomic E-state index is 0.0250. The van der Waals surface area contributed by atoms with Gasteiger partial charge in [0.25, 0.3) is 0 Å². The first-order valence-corrected chi connectivity index (χ1v) is 7.68. The SMILES string of the molecule is Fc1cc(F)c(F)c(CCNC(=S)Nc2nc3ccccc3[nH]2)c1F. The second kappa shape index (κ2) is 7.06. The molecule has 0 radical (unpaired) electrons. The summed E-state index contributed by atoms with van der Waals surface area (Å²) in [5, 5.41) is 5.64. The quantitative estimate of drug-likeness (QED) is 0.374. The van der Waals surface area contributed by atoms with Crippen LogP contribution in [0.4, 0.5) is 23.5 Å². The summed E-state index contributed by atoms with van der Waals surface area (Å²) >= 11 is 5.06. The topological polar surface area (TPSA) is 52.7 Å². The van der Waals surface area contributed by atoms with Crippen molar-refractivity contribution >= 4 is 34.3 Å². The third kappa shape index (κ3) is 3.71. The highest BCUT2D eigenvalue weighted by Crippen LogP contribution is 2.19. The van der Waals surface area contributed by atoms with Gasteiger partial charge in [-0.25, -0.2) is 22.5 Å². The van der Waals surface area contributed by atoms with Gasteiger partial charge in [0, 0.05) is 18.2 Å². The van der Waals surface area contributed by atoms with Gasteiger partial charge in [-0.2, -0.15) is 0 Å². The number of rotatable bonds is 4. The lowest BCUT2D eigenvalue weighted by atomic mass is 10.1. The zero-order valence-electron chi connectivity index (χ0n) is 12.7. The molecule has 0 atom stereocenters. The Hall–Kier alpha value is -2.68. The highest BCUT2D eigenvalue weighted by molar-refractivity contribution is 7.80. The molecule has 130 valence electrons. The summed E-state index contributed by atoms with van der Waals surface area (Å²) in [7, 11) is 0. The first kappa shape index (κ1) is 17.2. The van der Waals surface area contributed by atoms with Gasteiger partial charge in [0.2, 0.25) is 5.95 Å². The molecule has 9 heteroatoms. The molecule has 0 saturated heterocycles. The number of hydrogen-bond donors (Lipinski definition) is 3. The van der Waals surface area contributed by atoms with Crippen molar-refractivity contribution in [1.82, 2.24) is 15.3 Å². The molecule has 0 fully saturated rings. The van der Waals surface area contributed by atoms with Crippen molar-refractivity contribution in [2.75, 3.05) is 11.9 Å². The summed E-state index contributed by atoms with van der Waals surface area (Å²) in [6, 6.07) is 7.52. The van der Waals surface area contributed by atoms with E-state index in [-0.39, 0.29) is 24.1 Å². The summed E-state index contributed by atoms with van der Waals surface area (Å²) in [5.74, 6) is -5.28. The molecule has 0 bridgehead atoms. The number of para-hydroxylation sites is 2. The molecule has 25 heavy (non-hydrogen) atoms. The highest BCUT2D eigenvalue weighted by Gasteiger charge is 2.18. The van der Waals surface area contributed by atoms with Crippen LogP contribution in [-0.2, 0) is 6.42 Å². The van der Waals surface area contributed by atoms with E-state index >= 15 is 0 Å². The molecule has 3 aromatic rings. The Balaban J connectivity index is 1.60. The van der Waals surface area contributed by atoms with E-state index in [0.29, 0.717) is 5.95 Å². The Morgan fingerprint density at radius 1 is 1.08 bits per heavy atom. The molecule has 1 aromatic heterocycles. The van der Waals surface area contributed by atoms with Crippen molar-refractivity contribution in [3.05, 3.63) is 59.2 Å². The van der Waals surface area contributed by atoms with E-state index in [1.165, 1.54) is 0 Å². The van der Waals surface area contributed by atoms with Crippen molar-refractivity contribution in [2.45, 2.75) is 6.42 Å². The van der Waals surface area contributed by atoms with E-state index in [0.717, 1.165) is 11.0 Å². The summed E-state index contributed by atoms with van der Waals surface area (Å²) in [4.78, 5) is 7.26. The number of thiocarbonyl (C=S) groups is 1. The lowest BCUT2D eigenvalue weighted by Crippen LogP contribution is -2.31. The van der Waals surface area contributed by atoms with Crippen LogP contribution in [0.15, 0.2) is 30.3 Å². The first-order chi connectivity index (χ1) is 12.0. The third-order valence-electron chi connectivity index (χ3n) is 3.48. The Morgan fingerprint density at radius 2 is 1.76 bits per heavy atom. The molecule has 0 aliphatic rings. The zero-order chi connectivity index (χ0) is 18.0. The Bertz CT molecular complexity index is 882. The second-order valence-corrected chi connectivity index (χ2v) is 5.59. The number of anilines is 1. The van der Waals surface area contributed by atoms with Crippen molar-refractivity contribution in [3.63, 3.8) is 0 Å². The number of aromatic nitrogens is 2. The number of nitrogens with zero attached hydrogens (tertiary/aromatic N) is 1. The minimum atomic E-state index is -1.43. The summed E-state index contributed by atoms with van der Waals surface area (Å²) < 4.78 is 53.4. The Kier molecular flexibility index (Phi) is 4.84. The van der Waals surface area contributed by atoms with Gasteiger partial charge in [0.05, 0.1) is 11.0 Å². The van der Waals surface area contributed by atoms with Crippen LogP contribution < -0.4 is 10.6 Å². The number of benzene rings is 2. The molecule has 4 nitrogen and oxygen atoms in total. The molecule has 0 amide bonds. The number of H-pyrrole nitrogens is 1. The molecule has 3 rings (SSSR count). The maximum atomic E-state index is 13.6. The molecule has 3 N–H and O–H groups in total. The summed E-state index contributed by atoms with van der Waals surface area (Å²) in [6.45, 7) is -0.0250. The molecule has 0 aliphatic carbocycles. The van der Waals surface area contributed by atoms with Crippen LogP contribution in [0.3, 0.4) is 0 Å². The van der Waals surface area contributed by atoms with Gasteiger partial charge in [0.15, 0.2) is 28.4 Å². The fourth-order valence-electron chi connectivity index (χ4n) is 2.31. The second-order valence-electron chi connectivity index (χ2n) is 5.18. The lowest BCUT2D eigenvalue weighted by molar-refractivity contribution is 0.438. The summed E-state index contributed by atoms with van der Waals surface area (Å²) in [6.07, 6.45) is -0.283. The van der Waals surface area contributed by atoms with E-state index in [2.05, 4.69) is 20.6 Å². The number of imidazole rings is 1. The molecule has 0 saturated carbocycles. The first-order valence-electron chi connectivity index (χ1n) is 7.27. The molecular formula is C16H12F4N4S. The fourth-order valence-corrected chi connectivity index (χ4v) is 2.51. The molecule has 1 heterocycles. The van der Waals surface area contributed by atoms with Crippen molar-refractivity contribution in [3.8, 4) is 0 Å². The number of aromatic amines is 1. The lowest BCUT2D eigenvalue weighted by Gasteiger charge is -2.10. The van der Waals surface area contributed by atoms with E-state index in [1.54, 1.807) is 0 Å². The van der Waals surface area contributed by atoms with Crippen LogP contribution in [0.2, 0.25) is 0 Å². The number of halogens is 4. The summed E-state index contributed by atoms with van der Waals surface area (Å²) in [5.41, 5.74) is 0.885. The van der Waals surface area contributed by atoms with Crippen LogP contribution in [0, 0.1) is 23.3 Å². The molecule has 0 spiro atoms. The molecular weight excluding hydrogens is 356 g/mol. The molecule has 0 unspecified atom stereocenters. The van der Waals surface area contributed by atoms with Gasteiger partial charge in [0.1, 0.15) is 0 Å². The van der Waals surface area contributed by atoms with Crippen LogP contribution in [-0.4, -0.2) is 21.6 Å².